The standard InChI is InChI=1S/C28H52N6O10/c1-28(40)12-41-27(21(38)24(28)32-2)44-23-18(34-25(39)19(36)13-4-3-5-13)8-17(31)22(20(23)37)43-26-16(30)7-6-15(42-26)11-33-10-14(35)9-29/h6,13-14,16-24,26-27,32-33,35-38,40H,3-5,7-12,29-31H2,1-2H3,(H,34,39)/t14?,16-,17+,18-,19?,20+,21-,22-,23+,24-,26-,27-,28+/m1/s1. The Morgan fingerprint density at radius 2 is 1.84 bits per heavy atom. The Balaban J connectivity index is 1.48. The van der Waals surface area contributed by atoms with Crippen LogP contribution in [0.25, 0.3) is 0 Å². The molecule has 254 valence electrons. The molecule has 0 aromatic carbocycles. The summed E-state index contributed by atoms with van der Waals surface area (Å²) in [5.74, 6) is -0.213. The van der Waals surface area contributed by atoms with Crippen molar-refractivity contribution in [1.82, 2.24) is 16.0 Å². The lowest BCUT2D eigenvalue weighted by atomic mass is 9.80. The highest BCUT2D eigenvalue weighted by molar-refractivity contribution is 5.81. The van der Waals surface area contributed by atoms with E-state index in [1.54, 1.807) is 7.05 Å². The second kappa shape index (κ2) is 15.4. The summed E-state index contributed by atoms with van der Waals surface area (Å²) < 4.78 is 24.0. The number of ether oxygens (including phenoxy) is 4. The van der Waals surface area contributed by atoms with Gasteiger partial charge in [-0.25, -0.2) is 0 Å². The number of likely N-dealkylation sites (N-methyl/N-ethyl adjacent to an activating group) is 1. The van der Waals surface area contributed by atoms with Crippen LogP contribution in [0.2, 0.25) is 0 Å². The number of rotatable bonds is 13. The number of carbonyl (C=O) groups excluding carboxylic acids is 1. The first-order valence-electron chi connectivity index (χ1n) is 15.5. The summed E-state index contributed by atoms with van der Waals surface area (Å²) in [6.07, 6.45) is -4.47. The zero-order valence-corrected chi connectivity index (χ0v) is 25.5. The number of carbonyl (C=O) groups is 1. The highest BCUT2D eigenvalue weighted by Gasteiger charge is 2.52. The Kier molecular flexibility index (Phi) is 12.4. The maximum Gasteiger partial charge on any atom is 0.249 e. The molecule has 3 fully saturated rings. The molecule has 0 aromatic heterocycles. The zero-order chi connectivity index (χ0) is 32.2. The molecule has 0 aromatic rings. The summed E-state index contributed by atoms with van der Waals surface area (Å²) in [5, 5.41) is 62.3. The highest BCUT2D eigenvalue weighted by Crippen LogP contribution is 2.33. The molecule has 4 aliphatic rings. The van der Waals surface area contributed by atoms with Crippen molar-refractivity contribution in [2.45, 2.75) is 118 Å². The van der Waals surface area contributed by atoms with Crippen molar-refractivity contribution in [3.8, 4) is 0 Å². The highest BCUT2D eigenvalue weighted by atomic mass is 16.7. The number of hydrogen-bond acceptors (Lipinski definition) is 15. The van der Waals surface area contributed by atoms with E-state index in [0.29, 0.717) is 18.7 Å². The number of amides is 1. The second-order valence-electron chi connectivity index (χ2n) is 12.7. The van der Waals surface area contributed by atoms with Crippen molar-refractivity contribution < 1.29 is 49.3 Å². The molecule has 0 radical (unpaired) electrons. The molecule has 14 N–H and O–H groups in total. The van der Waals surface area contributed by atoms with Gasteiger partial charge in [-0.1, -0.05) is 6.42 Å². The predicted octanol–water partition coefficient (Wildman–Crippen LogP) is -4.58. The lowest BCUT2D eigenvalue weighted by Crippen LogP contribution is -2.69. The van der Waals surface area contributed by atoms with Gasteiger partial charge in [0.25, 0.3) is 0 Å². The molecule has 16 nitrogen and oxygen atoms in total. The fraction of sp³-hybridized carbons (Fsp3) is 0.893. The molecule has 2 heterocycles. The molecule has 0 bridgehead atoms. The molecule has 44 heavy (non-hydrogen) atoms. The van der Waals surface area contributed by atoms with Crippen molar-refractivity contribution in [1.29, 1.82) is 0 Å². The van der Waals surface area contributed by atoms with Crippen LogP contribution < -0.4 is 33.2 Å². The number of nitrogens with one attached hydrogen (secondary N) is 3. The minimum Gasteiger partial charge on any atom is -0.467 e. The van der Waals surface area contributed by atoms with Crippen molar-refractivity contribution in [2.24, 2.45) is 23.1 Å². The van der Waals surface area contributed by atoms with Crippen molar-refractivity contribution in [2.75, 3.05) is 33.3 Å². The fourth-order valence-electron chi connectivity index (χ4n) is 6.20. The van der Waals surface area contributed by atoms with Gasteiger partial charge in [0.1, 0.15) is 41.9 Å². The van der Waals surface area contributed by atoms with Crippen LogP contribution in [0, 0.1) is 5.92 Å². The molecule has 1 amide bonds. The number of aliphatic hydroxyl groups is 5. The molecular weight excluding hydrogens is 580 g/mol. The molecule has 1 saturated heterocycles. The largest absolute Gasteiger partial charge is 0.467 e. The summed E-state index contributed by atoms with van der Waals surface area (Å²) in [6.45, 7) is 2.02. The minimum absolute atomic E-state index is 0.0920. The van der Waals surface area contributed by atoms with E-state index in [1.165, 1.54) is 6.92 Å². The Bertz CT molecular complexity index is 973. The lowest BCUT2D eigenvalue weighted by molar-refractivity contribution is -0.304. The van der Waals surface area contributed by atoms with Gasteiger partial charge in [0.05, 0.1) is 37.4 Å². The Labute approximate surface area is 257 Å². The van der Waals surface area contributed by atoms with Gasteiger partial charge >= 0.3 is 0 Å². The first-order valence-corrected chi connectivity index (χ1v) is 15.5. The normalized spacial score (nSPS) is 41.2. The summed E-state index contributed by atoms with van der Waals surface area (Å²) >= 11 is 0. The first-order chi connectivity index (χ1) is 20.9. The van der Waals surface area contributed by atoms with Gasteiger partial charge in [0.2, 0.25) is 12.2 Å². The van der Waals surface area contributed by atoms with E-state index in [0.717, 1.165) is 19.3 Å². The maximum atomic E-state index is 13.0. The van der Waals surface area contributed by atoms with Crippen LogP contribution in [0.3, 0.4) is 0 Å². The summed E-state index contributed by atoms with van der Waals surface area (Å²) in [7, 11) is 1.58. The minimum atomic E-state index is -1.45. The molecule has 0 spiro atoms. The predicted molar refractivity (Wildman–Crippen MR) is 156 cm³/mol. The van der Waals surface area contributed by atoms with Crippen LogP contribution in [-0.4, -0.2) is 144 Å². The number of hydrogen-bond donors (Lipinski definition) is 11. The van der Waals surface area contributed by atoms with Gasteiger partial charge in [-0.2, -0.15) is 0 Å². The van der Waals surface area contributed by atoms with Crippen LogP contribution in [0.4, 0.5) is 0 Å². The van der Waals surface area contributed by atoms with Crippen molar-refractivity contribution in [3.63, 3.8) is 0 Å². The third kappa shape index (κ3) is 8.25. The smallest absolute Gasteiger partial charge is 0.249 e. The topological polar surface area (TPSA) is 269 Å². The number of aliphatic hydroxyl groups excluding tert-OH is 4. The van der Waals surface area contributed by atoms with Gasteiger partial charge < -0.3 is 77.6 Å². The summed E-state index contributed by atoms with van der Waals surface area (Å²) in [5.41, 5.74) is 16.8. The van der Waals surface area contributed by atoms with Crippen molar-refractivity contribution in [3.05, 3.63) is 11.8 Å². The van der Waals surface area contributed by atoms with Crippen LogP contribution in [0.15, 0.2) is 11.8 Å². The molecule has 2 aliphatic carbocycles. The maximum absolute atomic E-state index is 13.0. The summed E-state index contributed by atoms with van der Waals surface area (Å²) in [6, 6.07) is -3.07. The van der Waals surface area contributed by atoms with E-state index in [4.69, 9.17) is 36.1 Å². The molecule has 2 saturated carbocycles. The van der Waals surface area contributed by atoms with Crippen molar-refractivity contribution >= 4 is 5.91 Å². The fourth-order valence-corrected chi connectivity index (χ4v) is 6.20. The van der Waals surface area contributed by atoms with E-state index in [2.05, 4.69) is 16.0 Å². The Hall–Kier alpha value is -1.51. The SMILES string of the molecule is CN[C@@H]1[C@@H](O)[C@@H](O[C@@H]2[C@@H](O)[C@H](O[C@H]3OC(CNCC(O)CN)=CC[C@H]3N)[C@@H](N)C[C@H]2NC(=O)C(O)C2CCC2)OC[C@]1(C)O. The van der Waals surface area contributed by atoms with Gasteiger partial charge in [-0.3, -0.25) is 4.79 Å². The van der Waals surface area contributed by atoms with E-state index >= 15 is 0 Å². The molecule has 16 heteroatoms. The summed E-state index contributed by atoms with van der Waals surface area (Å²) in [4.78, 5) is 13.0. The third-order valence-electron chi connectivity index (χ3n) is 9.12. The molecule has 13 atom stereocenters. The zero-order valence-electron chi connectivity index (χ0n) is 25.5. The van der Waals surface area contributed by atoms with Gasteiger partial charge in [-0.15, -0.1) is 0 Å². The average Bonchev–Trinajstić information content (AvgIpc) is 2.94. The Morgan fingerprint density at radius 1 is 1.14 bits per heavy atom. The first kappa shape index (κ1) is 35.3. The average molecular weight is 633 g/mol. The quantitative estimate of drug-likeness (QED) is 0.0912. The van der Waals surface area contributed by atoms with Gasteiger partial charge in [0.15, 0.2) is 6.29 Å². The lowest BCUT2D eigenvalue weighted by Gasteiger charge is -2.49. The number of nitrogens with two attached hydrogens (primary N) is 3. The third-order valence-corrected chi connectivity index (χ3v) is 9.12. The van der Waals surface area contributed by atoms with Gasteiger partial charge in [0, 0.05) is 19.1 Å². The Morgan fingerprint density at radius 3 is 2.48 bits per heavy atom. The monoisotopic (exact) mass is 632 g/mol. The molecule has 2 unspecified atom stereocenters. The molecule has 2 aliphatic heterocycles. The molecule has 4 rings (SSSR count). The molecular formula is C28H52N6O10. The van der Waals surface area contributed by atoms with Crippen LogP contribution in [0.1, 0.15) is 39.0 Å². The van der Waals surface area contributed by atoms with E-state index < -0.39 is 84.9 Å². The van der Waals surface area contributed by atoms with Gasteiger partial charge in [-0.05, 0) is 51.6 Å². The second-order valence-corrected chi connectivity index (χ2v) is 12.7. The van der Waals surface area contributed by atoms with Crippen LogP contribution in [-0.2, 0) is 23.7 Å². The van der Waals surface area contributed by atoms with E-state index in [1.807, 2.05) is 6.08 Å². The van der Waals surface area contributed by atoms with E-state index in [9.17, 15) is 30.3 Å². The van der Waals surface area contributed by atoms with E-state index in [-0.39, 0.29) is 32.0 Å². The van der Waals surface area contributed by atoms with Crippen LogP contribution in [0.5, 0.6) is 0 Å². The van der Waals surface area contributed by atoms with Crippen LogP contribution >= 0.6 is 0 Å².